The third-order valence-electron chi connectivity index (χ3n) is 1.42. The van der Waals surface area contributed by atoms with Crippen molar-refractivity contribution in [3.05, 3.63) is 22.3 Å². The molecule has 0 amide bonds. The van der Waals surface area contributed by atoms with E-state index in [1.807, 2.05) is 0 Å². The number of rotatable bonds is 1. The van der Waals surface area contributed by atoms with E-state index in [1.54, 1.807) is 6.07 Å². The van der Waals surface area contributed by atoms with Gasteiger partial charge in [-0.05, 0) is 0 Å². The van der Waals surface area contributed by atoms with E-state index < -0.39 is 12.0 Å². The van der Waals surface area contributed by atoms with Gasteiger partial charge < -0.3 is 5.73 Å². The Kier molecular flexibility index (Phi) is 2.63. The summed E-state index contributed by atoms with van der Waals surface area (Å²) in [5.41, 5.74) is 4.55. The second kappa shape index (κ2) is 3.54. The van der Waals surface area contributed by atoms with E-state index in [1.165, 1.54) is 0 Å². The van der Waals surface area contributed by atoms with E-state index in [4.69, 9.17) is 22.6 Å². The van der Waals surface area contributed by atoms with Gasteiger partial charge in [0.1, 0.15) is 17.5 Å². The molecule has 1 rings (SSSR count). The summed E-state index contributed by atoms with van der Waals surface area (Å²) in [6.45, 7) is 0. The van der Waals surface area contributed by atoms with E-state index in [2.05, 4.69) is 4.98 Å². The van der Waals surface area contributed by atoms with E-state index in [0.29, 0.717) is 0 Å². The molecule has 68 valence electrons. The molecule has 0 aromatic carbocycles. The predicted octanol–water partition coefficient (Wildman–Crippen LogP) is 2.13. The Hall–Kier alpha value is -1.41. The fourth-order valence-corrected chi connectivity index (χ4v) is 1.05. The van der Waals surface area contributed by atoms with Gasteiger partial charge in [0.2, 0.25) is 0 Å². The fraction of sp³-hybridized carbons (Fsp3) is 0.143. The number of hydrogen-bond acceptors (Lipinski definition) is 3. The number of anilines is 1. The minimum Gasteiger partial charge on any atom is -0.383 e. The second-order valence-corrected chi connectivity index (χ2v) is 2.58. The number of pyridine rings is 1. The number of nitriles is 1. The molecule has 6 heteroatoms. The van der Waals surface area contributed by atoms with Crippen LogP contribution >= 0.6 is 11.6 Å². The Balaban J connectivity index is 3.38. The van der Waals surface area contributed by atoms with Gasteiger partial charge in [-0.25, -0.2) is 13.8 Å². The summed E-state index contributed by atoms with van der Waals surface area (Å²) in [7, 11) is 0. The van der Waals surface area contributed by atoms with Crippen molar-refractivity contribution in [1.82, 2.24) is 4.98 Å². The molecule has 0 saturated heterocycles. The molecular formula is C7H4ClF2N3. The molecular weight excluding hydrogens is 200 g/mol. The third-order valence-corrected chi connectivity index (χ3v) is 1.83. The molecule has 1 heterocycles. The zero-order valence-corrected chi connectivity index (χ0v) is 7.02. The monoisotopic (exact) mass is 203 g/mol. The van der Waals surface area contributed by atoms with Crippen LogP contribution in [-0.4, -0.2) is 4.98 Å². The van der Waals surface area contributed by atoms with E-state index in [9.17, 15) is 8.78 Å². The van der Waals surface area contributed by atoms with Crippen molar-refractivity contribution >= 4 is 17.4 Å². The first-order chi connectivity index (χ1) is 6.07. The molecule has 3 nitrogen and oxygen atoms in total. The fourth-order valence-electron chi connectivity index (χ4n) is 0.776. The summed E-state index contributed by atoms with van der Waals surface area (Å²) in [5, 5.41) is 8.18. The van der Waals surface area contributed by atoms with Crippen molar-refractivity contribution in [2.24, 2.45) is 0 Å². The Morgan fingerprint density at radius 1 is 1.62 bits per heavy atom. The van der Waals surface area contributed by atoms with Gasteiger partial charge in [-0.1, -0.05) is 11.6 Å². The Bertz CT molecular complexity index is 373. The predicted molar refractivity (Wildman–Crippen MR) is 43.3 cm³/mol. The highest BCUT2D eigenvalue weighted by Gasteiger charge is 2.17. The maximum Gasteiger partial charge on any atom is 0.266 e. The molecule has 0 spiro atoms. The molecule has 0 unspecified atom stereocenters. The molecule has 0 bridgehead atoms. The molecule has 0 fully saturated rings. The molecule has 0 saturated carbocycles. The Morgan fingerprint density at radius 3 is 2.69 bits per heavy atom. The van der Waals surface area contributed by atoms with E-state index in [-0.39, 0.29) is 16.4 Å². The summed E-state index contributed by atoms with van der Waals surface area (Å²) in [4.78, 5) is 3.42. The summed E-state index contributed by atoms with van der Waals surface area (Å²) >= 11 is 5.49. The molecule has 0 aliphatic carbocycles. The number of nitrogen functional groups attached to an aromatic ring is 1. The first kappa shape index (κ1) is 9.68. The molecule has 0 atom stereocenters. The zero-order chi connectivity index (χ0) is 10.0. The van der Waals surface area contributed by atoms with Crippen molar-refractivity contribution in [2.75, 3.05) is 5.73 Å². The zero-order valence-electron chi connectivity index (χ0n) is 6.26. The van der Waals surface area contributed by atoms with Crippen molar-refractivity contribution in [1.29, 1.82) is 5.26 Å². The lowest BCUT2D eigenvalue weighted by Gasteiger charge is -2.04. The first-order valence-electron chi connectivity index (χ1n) is 3.20. The van der Waals surface area contributed by atoms with Crippen LogP contribution in [0.4, 0.5) is 14.6 Å². The van der Waals surface area contributed by atoms with Gasteiger partial charge in [-0.3, -0.25) is 0 Å². The minimum atomic E-state index is -2.76. The van der Waals surface area contributed by atoms with E-state index in [0.717, 1.165) is 6.20 Å². The summed E-state index contributed by atoms with van der Waals surface area (Å²) < 4.78 is 24.4. The van der Waals surface area contributed by atoms with Crippen LogP contribution in [0, 0.1) is 11.3 Å². The van der Waals surface area contributed by atoms with Gasteiger partial charge >= 0.3 is 0 Å². The molecule has 0 aliphatic rings. The molecule has 13 heavy (non-hydrogen) atoms. The average Bonchev–Trinajstić information content (AvgIpc) is 2.04. The second-order valence-electron chi connectivity index (χ2n) is 2.20. The summed E-state index contributed by atoms with van der Waals surface area (Å²) in [6.07, 6.45) is -1.89. The number of nitrogens with zero attached hydrogens (tertiary/aromatic N) is 2. The quantitative estimate of drug-likeness (QED) is 0.761. The number of halogens is 3. The Labute approximate surface area is 77.7 Å². The first-order valence-corrected chi connectivity index (χ1v) is 3.57. The van der Waals surface area contributed by atoms with Crippen molar-refractivity contribution < 1.29 is 8.78 Å². The highest BCUT2D eigenvalue weighted by Crippen LogP contribution is 2.30. The van der Waals surface area contributed by atoms with Gasteiger partial charge in [-0.15, -0.1) is 0 Å². The van der Waals surface area contributed by atoms with Crippen molar-refractivity contribution in [2.45, 2.75) is 6.43 Å². The van der Waals surface area contributed by atoms with Gasteiger partial charge in [0.25, 0.3) is 6.43 Å². The van der Waals surface area contributed by atoms with Crippen LogP contribution in [0.3, 0.4) is 0 Å². The number of alkyl halides is 2. The third kappa shape index (κ3) is 1.68. The number of aromatic nitrogens is 1. The van der Waals surface area contributed by atoms with Gasteiger partial charge in [-0.2, -0.15) is 5.26 Å². The molecule has 0 aliphatic heterocycles. The standard InChI is InChI=1S/C7H4ClF2N3/c8-5-3(1-11)7(12)13-2-4(5)6(9)10/h2,6H,(H2,12,13). The SMILES string of the molecule is N#Cc1c(N)ncc(C(F)F)c1Cl. The van der Waals surface area contributed by atoms with Crippen LogP contribution in [0.15, 0.2) is 6.20 Å². The van der Waals surface area contributed by atoms with E-state index >= 15 is 0 Å². The maximum atomic E-state index is 12.2. The minimum absolute atomic E-state index is 0.142. The highest BCUT2D eigenvalue weighted by molar-refractivity contribution is 6.32. The lowest BCUT2D eigenvalue weighted by molar-refractivity contribution is 0.151. The van der Waals surface area contributed by atoms with Crippen LogP contribution < -0.4 is 5.73 Å². The molecule has 1 aromatic heterocycles. The Morgan fingerprint density at radius 2 is 2.23 bits per heavy atom. The topological polar surface area (TPSA) is 62.7 Å². The van der Waals surface area contributed by atoms with Crippen LogP contribution in [0.2, 0.25) is 5.02 Å². The maximum absolute atomic E-state index is 12.2. The summed E-state index contributed by atoms with van der Waals surface area (Å²) in [6, 6.07) is 1.61. The highest BCUT2D eigenvalue weighted by atomic mass is 35.5. The molecule has 2 N–H and O–H groups in total. The van der Waals surface area contributed by atoms with Crippen molar-refractivity contribution in [3.63, 3.8) is 0 Å². The molecule has 0 radical (unpaired) electrons. The largest absolute Gasteiger partial charge is 0.383 e. The normalized spacial score (nSPS) is 10.1. The van der Waals surface area contributed by atoms with Gasteiger partial charge in [0.05, 0.1) is 10.6 Å². The van der Waals surface area contributed by atoms with Crippen LogP contribution in [0.25, 0.3) is 0 Å². The van der Waals surface area contributed by atoms with Gasteiger partial charge in [0.15, 0.2) is 0 Å². The number of hydrogen-bond donors (Lipinski definition) is 1. The van der Waals surface area contributed by atoms with Crippen LogP contribution in [-0.2, 0) is 0 Å². The lowest BCUT2D eigenvalue weighted by Crippen LogP contribution is -1.99. The number of nitrogens with two attached hydrogens (primary N) is 1. The van der Waals surface area contributed by atoms with Crippen LogP contribution in [0.1, 0.15) is 17.6 Å². The van der Waals surface area contributed by atoms with Gasteiger partial charge in [0, 0.05) is 6.20 Å². The summed E-state index contributed by atoms with van der Waals surface area (Å²) in [5.74, 6) is -0.142. The lowest BCUT2D eigenvalue weighted by atomic mass is 10.2. The van der Waals surface area contributed by atoms with Crippen LogP contribution in [0.5, 0.6) is 0 Å². The smallest absolute Gasteiger partial charge is 0.266 e. The van der Waals surface area contributed by atoms with Crippen molar-refractivity contribution in [3.8, 4) is 6.07 Å². The molecule has 1 aromatic rings. The average molecular weight is 204 g/mol.